The molecule has 0 bridgehead atoms. The van der Waals surface area contributed by atoms with Gasteiger partial charge in [0.25, 0.3) is 0 Å². The van der Waals surface area contributed by atoms with E-state index in [9.17, 15) is 4.79 Å². The summed E-state index contributed by atoms with van der Waals surface area (Å²) in [6, 6.07) is 1.83. The third-order valence-corrected chi connectivity index (χ3v) is 3.43. The van der Waals surface area contributed by atoms with Gasteiger partial charge >= 0.3 is 0 Å². The third-order valence-electron chi connectivity index (χ3n) is 2.20. The predicted octanol–water partition coefficient (Wildman–Crippen LogP) is 2.98. The van der Waals surface area contributed by atoms with Crippen molar-refractivity contribution in [1.82, 2.24) is 4.98 Å². The summed E-state index contributed by atoms with van der Waals surface area (Å²) >= 11 is 0. The van der Waals surface area contributed by atoms with Gasteiger partial charge in [-0.15, -0.1) is 0 Å². The SMILES string of the molecule is CC(C)(C)[Si]OC(C)(C)c1cncc(C=O)c1. The summed E-state index contributed by atoms with van der Waals surface area (Å²) in [6.07, 6.45) is 4.11. The molecule has 0 aliphatic rings. The van der Waals surface area contributed by atoms with Crippen LogP contribution in [-0.4, -0.2) is 21.0 Å². The summed E-state index contributed by atoms with van der Waals surface area (Å²) in [6.45, 7) is 10.4. The minimum Gasteiger partial charge on any atom is -0.408 e. The molecule has 0 unspecified atom stereocenters. The van der Waals surface area contributed by atoms with Gasteiger partial charge in [0.2, 0.25) is 9.76 Å². The lowest BCUT2D eigenvalue weighted by atomic mass is 9.99. The van der Waals surface area contributed by atoms with Gasteiger partial charge in [0.15, 0.2) is 6.29 Å². The molecule has 0 fully saturated rings. The lowest BCUT2D eigenvalue weighted by Crippen LogP contribution is -2.27. The lowest BCUT2D eigenvalue weighted by Gasteiger charge is -2.29. The highest BCUT2D eigenvalue weighted by molar-refractivity contribution is 6.31. The molecule has 4 heteroatoms. The van der Waals surface area contributed by atoms with E-state index < -0.39 is 5.60 Å². The van der Waals surface area contributed by atoms with E-state index >= 15 is 0 Å². The predicted molar refractivity (Wildman–Crippen MR) is 69.2 cm³/mol. The molecule has 3 nitrogen and oxygen atoms in total. The third kappa shape index (κ3) is 4.40. The van der Waals surface area contributed by atoms with Crippen molar-refractivity contribution in [3.8, 4) is 0 Å². The van der Waals surface area contributed by atoms with Gasteiger partial charge in [0.05, 0.1) is 5.60 Å². The van der Waals surface area contributed by atoms with E-state index in [4.69, 9.17) is 4.43 Å². The summed E-state index contributed by atoms with van der Waals surface area (Å²) in [7, 11) is 0.400. The maximum atomic E-state index is 10.7. The summed E-state index contributed by atoms with van der Waals surface area (Å²) in [5.74, 6) is 0. The first-order chi connectivity index (χ1) is 7.74. The van der Waals surface area contributed by atoms with E-state index in [1.165, 1.54) is 0 Å². The van der Waals surface area contributed by atoms with Crippen molar-refractivity contribution in [1.29, 1.82) is 0 Å². The number of hydrogen-bond acceptors (Lipinski definition) is 3. The summed E-state index contributed by atoms with van der Waals surface area (Å²) in [4.78, 5) is 14.8. The van der Waals surface area contributed by atoms with E-state index in [1.54, 1.807) is 12.4 Å². The van der Waals surface area contributed by atoms with Crippen molar-refractivity contribution in [2.24, 2.45) is 0 Å². The fourth-order valence-corrected chi connectivity index (χ4v) is 1.87. The Labute approximate surface area is 106 Å². The Morgan fingerprint density at radius 2 is 1.88 bits per heavy atom. The van der Waals surface area contributed by atoms with Crippen LogP contribution in [0.4, 0.5) is 0 Å². The molecule has 92 valence electrons. The highest BCUT2D eigenvalue weighted by Gasteiger charge is 2.25. The number of nitrogens with zero attached hydrogens (tertiary/aromatic N) is 1. The Morgan fingerprint density at radius 1 is 1.24 bits per heavy atom. The second kappa shape index (κ2) is 5.10. The Hall–Kier alpha value is -1.00. The molecule has 17 heavy (non-hydrogen) atoms. The van der Waals surface area contributed by atoms with Crippen LogP contribution in [0.15, 0.2) is 18.5 Å². The number of aromatic nitrogens is 1. The molecular formula is C13H19NO2Si. The van der Waals surface area contributed by atoms with E-state index in [-0.39, 0.29) is 5.04 Å². The van der Waals surface area contributed by atoms with Crippen molar-refractivity contribution in [3.63, 3.8) is 0 Å². The van der Waals surface area contributed by atoms with Crippen LogP contribution in [-0.2, 0) is 10.0 Å². The summed E-state index contributed by atoms with van der Waals surface area (Å²) in [5.41, 5.74) is 1.09. The van der Waals surface area contributed by atoms with Gasteiger partial charge in [-0.1, -0.05) is 20.8 Å². The maximum absolute atomic E-state index is 10.7. The normalized spacial score (nSPS) is 12.5. The summed E-state index contributed by atoms with van der Waals surface area (Å²) in [5, 5.41) is 0.146. The first-order valence-electron chi connectivity index (χ1n) is 5.60. The Morgan fingerprint density at radius 3 is 2.41 bits per heavy atom. The largest absolute Gasteiger partial charge is 0.408 e. The first kappa shape index (κ1) is 14.1. The molecule has 0 amide bonds. The van der Waals surface area contributed by atoms with Gasteiger partial charge in [-0.05, 0) is 25.0 Å². The molecule has 1 aromatic rings. The minimum absolute atomic E-state index is 0.146. The van der Waals surface area contributed by atoms with Crippen LogP contribution in [0.1, 0.15) is 50.5 Å². The highest BCUT2D eigenvalue weighted by atomic mass is 28.2. The smallest absolute Gasteiger partial charge is 0.236 e. The maximum Gasteiger partial charge on any atom is 0.236 e. The fourth-order valence-electron chi connectivity index (χ4n) is 1.19. The van der Waals surface area contributed by atoms with Crippen molar-refractivity contribution >= 4 is 16.0 Å². The van der Waals surface area contributed by atoms with E-state index in [2.05, 4.69) is 25.8 Å². The van der Waals surface area contributed by atoms with E-state index in [0.717, 1.165) is 11.8 Å². The quantitative estimate of drug-likeness (QED) is 0.608. The molecule has 1 rings (SSSR count). The molecule has 0 atom stereocenters. The number of carbonyl (C=O) groups is 1. The molecular weight excluding hydrogens is 230 g/mol. The van der Waals surface area contributed by atoms with Crippen molar-refractivity contribution in [2.45, 2.75) is 45.3 Å². The lowest BCUT2D eigenvalue weighted by molar-refractivity contribution is 0.108. The van der Waals surface area contributed by atoms with Crippen molar-refractivity contribution in [2.75, 3.05) is 0 Å². The minimum atomic E-state index is -0.419. The topological polar surface area (TPSA) is 39.2 Å². The number of pyridine rings is 1. The van der Waals surface area contributed by atoms with Crippen molar-refractivity contribution < 1.29 is 9.22 Å². The molecule has 0 aliphatic heterocycles. The van der Waals surface area contributed by atoms with Gasteiger partial charge in [-0.25, -0.2) is 0 Å². The number of carbonyl (C=O) groups excluding carboxylic acids is 1. The molecule has 0 aliphatic carbocycles. The standard InChI is InChI=1S/C13H19NO2Si/c1-12(2,3)17-16-13(4,5)11-6-10(9-15)7-14-8-11/h6-9H,1-5H3. The van der Waals surface area contributed by atoms with Crippen LogP contribution in [0.25, 0.3) is 0 Å². The van der Waals surface area contributed by atoms with Crippen LogP contribution >= 0.6 is 0 Å². The van der Waals surface area contributed by atoms with Gasteiger partial charge < -0.3 is 4.43 Å². The Balaban J connectivity index is 2.84. The monoisotopic (exact) mass is 249 g/mol. The second-order valence-corrected chi connectivity index (χ2v) is 7.50. The molecule has 0 spiro atoms. The molecule has 2 radical (unpaired) electrons. The molecule has 0 saturated carbocycles. The van der Waals surface area contributed by atoms with Gasteiger partial charge in [-0.3, -0.25) is 9.78 Å². The Bertz CT molecular complexity index is 397. The van der Waals surface area contributed by atoms with Crippen molar-refractivity contribution in [3.05, 3.63) is 29.6 Å². The van der Waals surface area contributed by atoms with Gasteiger partial charge in [0.1, 0.15) is 0 Å². The zero-order chi connectivity index (χ0) is 13.1. The van der Waals surface area contributed by atoms with Crippen LogP contribution in [0.2, 0.25) is 5.04 Å². The van der Waals surface area contributed by atoms with E-state index in [0.29, 0.717) is 15.3 Å². The molecule has 1 heterocycles. The number of rotatable bonds is 4. The second-order valence-electron chi connectivity index (χ2n) is 5.59. The average molecular weight is 249 g/mol. The van der Waals surface area contributed by atoms with Crippen LogP contribution in [0, 0.1) is 0 Å². The fraction of sp³-hybridized carbons (Fsp3) is 0.538. The number of aldehydes is 1. The average Bonchev–Trinajstić information content (AvgIpc) is 2.26. The van der Waals surface area contributed by atoms with E-state index in [1.807, 2.05) is 19.9 Å². The molecule has 0 saturated heterocycles. The Kier molecular flexibility index (Phi) is 4.22. The molecule has 0 aromatic carbocycles. The molecule has 1 aromatic heterocycles. The first-order valence-corrected chi connectivity index (χ1v) is 6.51. The zero-order valence-electron chi connectivity index (χ0n) is 11.1. The number of hydrogen-bond donors (Lipinski definition) is 0. The van der Waals surface area contributed by atoms with Gasteiger partial charge in [0, 0.05) is 23.5 Å². The van der Waals surface area contributed by atoms with Gasteiger partial charge in [-0.2, -0.15) is 0 Å². The van der Waals surface area contributed by atoms with Crippen LogP contribution in [0.5, 0.6) is 0 Å². The van der Waals surface area contributed by atoms with Crippen LogP contribution in [0.3, 0.4) is 0 Å². The van der Waals surface area contributed by atoms with Crippen LogP contribution < -0.4 is 0 Å². The highest BCUT2D eigenvalue weighted by Crippen LogP contribution is 2.29. The molecule has 0 N–H and O–H groups in total. The summed E-state index contributed by atoms with van der Waals surface area (Å²) < 4.78 is 5.95. The zero-order valence-corrected chi connectivity index (χ0v) is 12.1.